The first-order valence-corrected chi connectivity index (χ1v) is 7.54. The summed E-state index contributed by atoms with van der Waals surface area (Å²) in [5, 5.41) is 8.36. The van der Waals surface area contributed by atoms with Gasteiger partial charge in [0.05, 0.1) is 13.7 Å². The predicted octanol–water partition coefficient (Wildman–Crippen LogP) is 0.834. The molecule has 130 valence electrons. The van der Waals surface area contributed by atoms with Crippen molar-refractivity contribution in [2.45, 2.75) is 4.90 Å². The lowest BCUT2D eigenvalue weighted by molar-refractivity contribution is -0.142. The van der Waals surface area contributed by atoms with Gasteiger partial charge in [-0.15, -0.1) is 0 Å². The van der Waals surface area contributed by atoms with E-state index in [4.69, 9.17) is 5.11 Å². The van der Waals surface area contributed by atoms with Crippen LogP contribution in [0.15, 0.2) is 11.0 Å². The van der Waals surface area contributed by atoms with Crippen molar-refractivity contribution in [2.75, 3.05) is 33.9 Å². The normalized spacial score (nSPS) is 11.7. The molecule has 0 fully saturated rings. The molecule has 23 heavy (non-hydrogen) atoms. The standard InChI is InChI=1S/C12H14F3NO6S/c1-16(3-4-22-6-9(17)18)23(19,20)8-5-7(13)12(21-2)11(15)10(8)14/h5H,3-4,6H2,1-2H3,(H,17,18). The first-order valence-electron chi connectivity index (χ1n) is 6.10. The molecular weight excluding hydrogens is 343 g/mol. The van der Waals surface area contributed by atoms with E-state index in [9.17, 15) is 26.4 Å². The molecule has 7 nitrogen and oxygen atoms in total. The Morgan fingerprint density at radius 3 is 2.43 bits per heavy atom. The van der Waals surface area contributed by atoms with Gasteiger partial charge in [0.1, 0.15) is 11.5 Å². The molecule has 1 rings (SSSR count). The molecule has 0 aromatic heterocycles. The summed E-state index contributed by atoms with van der Waals surface area (Å²) in [6.45, 7) is -1.29. The molecule has 0 radical (unpaired) electrons. The van der Waals surface area contributed by atoms with Crippen LogP contribution >= 0.6 is 0 Å². The van der Waals surface area contributed by atoms with Crippen LogP contribution in [0.5, 0.6) is 5.75 Å². The largest absolute Gasteiger partial charge is 0.491 e. The van der Waals surface area contributed by atoms with Gasteiger partial charge in [0.15, 0.2) is 17.4 Å². The molecule has 0 bridgehead atoms. The molecular formula is C12H14F3NO6S. The van der Waals surface area contributed by atoms with Crippen molar-refractivity contribution in [2.24, 2.45) is 0 Å². The highest BCUT2D eigenvalue weighted by molar-refractivity contribution is 7.89. The number of carboxylic acid groups (broad SMARTS) is 1. The van der Waals surface area contributed by atoms with Crippen LogP contribution in [0, 0.1) is 17.5 Å². The van der Waals surface area contributed by atoms with E-state index in [1.807, 2.05) is 0 Å². The SMILES string of the molecule is COc1c(F)cc(S(=O)(=O)N(C)CCOCC(=O)O)c(F)c1F. The van der Waals surface area contributed by atoms with Crippen LogP contribution in [0.3, 0.4) is 0 Å². The number of ether oxygens (including phenoxy) is 2. The summed E-state index contributed by atoms with van der Waals surface area (Å²) in [7, 11) is -2.61. The fourth-order valence-electron chi connectivity index (χ4n) is 1.57. The zero-order valence-corrected chi connectivity index (χ0v) is 13.0. The fourth-order valence-corrected chi connectivity index (χ4v) is 2.79. The molecule has 0 atom stereocenters. The average Bonchev–Trinajstić information content (AvgIpc) is 2.47. The lowest BCUT2D eigenvalue weighted by atomic mass is 10.3. The number of likely N-dealkylation sites (N-methyl/N-ethyl adjacent to an activating group) is 1. The van der Waals surface area contributed by atoms with Gasteiger partial charge in [-0.05, 0) is 0 Å². The van der Waals surface area contributed by atoms with Gasteiger partial charge < -0.3 is 14.6 Å². The second kappa shape index (κ2) is 7.62. The van der Waals surface area contributed by atoms with Crippen molar-refractivity contribution in [3.63, 3.8) is 0 Å². The van der Waals surface area contributed by atoms with Crippen molar-refractivity contribution in [3.8, 4) is 5.75 Å². The molecule has 0 aliphatic rings. The third-order valence-corrected chi connectivity index (χ3v) is 4.61. The van der Waals surface area contributed by atoms with E-state index in [-0.39, 0.29) is 13.2 Å². The number of aliphatic carboxylic acids is 1. The Balaban J connectivity index is 3.02. The van der Waals surface area contributed by atoms with E-state index in [0.717, 1.165) is 14.2 Å². The maximum absolute atomic E-state index is 13.8. The van der Waals surface area contributed by atoms with Crippen LogP contribution in [-0.4, -0.2) is 57.7 Å². The summed E-state index contributed by atoms with van der Waals surface area (Å²) in [6, 6.07) is 0.307. The number of hydrogen-bond donors (Lipinski definition) is 1. The molecule has 0 heterocycles. The second-order valence-corrected chi connectivity index (χ2v) is 6.30. The molecule has 0 saturated heterocycles. The number of nitrogens with zero attached hydrogens (tertiary/aromatic N) is 1. The van der Waals surface area contributed by atoms with E-state index in [0.29, 0.717) is 10.4 Å². The van der Waals surface area contributed by atoms with Crippen LogP contribution < -0.4 is 4.74 Å². The minimum absolute atomic E-state index is 0.301. The lowest BCUT2D eigenvalue weighted by Crippen LogP contribution is -2.31. The Morgan fingerprint density at radius 1 is 1.30 bits per heavy atom. The number of rotatable bonds is 8. The molecule has 0 spiro atoms. The van der Waals surface area contributed by atoms with Crippen molar-refractivity contribution < 1.29 is 41.0 Å². The van der Waals surface area contributed by atoms with E-state index in [1.165, 1.54) is 0 Å². The number of carboxylic acids is 1. The summed E-state index contributed by atoms with van der Waals surface area (Å²) in [5.41, 5.74) is 0. The molecule has 11 heteroatoms. The van der Waals surface area contributed by atoms with Gasteiger partial charge in [0.25, 0.3) is 0 Å². The monoisotopic (exact) mass is 357 g/mol. The zero-order valence-electron chi connectivity index (χ0n) is 12.2. The van der Waals surface area contributed by atoms with Gasteiger partial charge >= 0.3 is 5.97 Å². The summed E-state index contributed by atoms with van der Waals surface area (Å²) in [4.78, 5) is 9.04. The van der Waals surface area contributed by atoms with Crippen LogP contribution in [0.4, 0.5) is 13.2 Å². The van der Waals surface area contributed by atoms with Gasteiger partial charge in [-0.25, -0.2) is 22.0 Å². The number of hydrogen-bond acceptors (Lipinski definition) is 5. The quantitative estimate of drug-likeness (QED) is 0.547. The van der Waals surface area contributed by atoms with Crippen molar-refractivity contribution >= 4 is 16.0 Å². The van der Waals surface area contributed by atoms with Gasteiger partial charge in [-0.2, -0.15) is 8.70 Å². The fraction of sp³-hybridized carbons (Fsp3) is 0.417. The zero-order chi connectivity index (χ0) is 17.8. The van der Waals surface area contributed by atoms with Gasteiger partial charge in [0, 0.05) is 19.7 Å². The molecule has 0 amide bonds. The third kappa shape index (κ3) is 4.33. The van der Waals surface area contributed by atoms with Gasteiger partial charge in [0.2, 0.25) is 15.8 Å². The molecule has 0 aliphatic heterocycles. The Kier molecular flexibility index (Phi) is 6.36. The van der Waals surface area contributed by atoms with Crippen LogP contribution in [-0.2, 0) is 19.6 Å². The summed E-state index contributed by atoms with van der Waals surface area (Å²) in [6.07, 6.45) is 0. The Bertz CT molecular complexity index is 695. The van der Waals surface area contributed by atoms with E-state index >= 15 is 0 Å². The minimum atomic E-state index is -4.54. The first kappa shape index (κ1) is 19.2. The molecule has 1 N–H and O–H groups in total. The highest BCUT2D eigenvalue weighted by Crippen LogP contribution is 2.30. The number of benzene rings is 1. The maximum atomic E-state index is 13.8. The summed E-state index contributed by atoms with van der Waals surface area (Å²) < 4.78 is 74.8. The van der Waals surface area contributed by atoms with Crippen molar-refractivity contribution in [1.29, 1.82) is 0 Å². The van der Waals surface area contributed by atoms with Crippen LogP contribution in [0.2, 0.25) is 0 Å². The Hall–Kier alpha value is -1.85. The van der Waals surface area contributed by atoms with E-state index < -0.39 is 50.7 Å². The Labute approximate surface area is 130 Å². The maximum Gasteiger partial charge on any atom is 0.329 e. The van der Waals surface area contributed by atoms with Gasteiger partial charge in [-0.3, -0.25) is 0 Å². The third-order valence-electron chi connectivity index (χ3n) is 2.75. The average molecular weight is 357 g/mol. The topological polar surface area (TPSA) is 93.1 Å². The summed E-state index contributed by atoms with van der Waals surface area (Å²) >= 11 is 0. The van der Waals surface area contributed by atoms with E-state index in [2.05, 4.69) is 9.47 Å². The van der Waals surface area contributed by atoms with Crippen LogP contribution in [0.25, 0.3) is 0 Å². The predicted molar refractivity (Wildman–Crippen MR) is 71.1 cm³/mol. The number of methoxy groups -OCH3 is 1. The van der Waals surface area contributed by atoms with Crippen LogP contribution in [0.1, 0.15) is 0 Å². The number of carbonyl (C=O) groups is 1. The lowest BCUT2D eigenvalue weighted by Gasteiger charge is -2.18. The van der Waals surface area contributed by atoms with Gasteiger partial charge in [-0.1, -0.05) is 0 Å². The second-order valence-electron chi connectivity index (χ2n) is 4.29. The van der Waals surface area contributed by atoms with E-state index in [1.54, 1.807) is 0 Å². The Morgan fingerprint density at radius 2 is 1.91 bits per heavy atom. The molecule has 1 aromatic carbocycles. The highest BCUT2D eigenvalue weighted by Gasteiger charge is 2.30. The first-order chi connectivity index (χ1) is 10.6. The molecule has 0 aliphatic carbocycles. The molecule has 1 aromatic rings. The molecule has 0 saturated carbocycles. The highest BCUT2D eigenvalue weighted by atomic mass is 32.2. The summed E-state index contributed by atoms with van der Waals surface area (Å²) in [5.74, 6) is -7.20. The smallest absolute Gasteiger partial charge is 0.329 e. The molecule has 0 unspecified atom stereocenters. The minimum Gasteiger partial charge on any atom is -0.491 e. The van der Waals surface area contributed by atoms with Crippen molar-refractivity contribution in [1.82, 2.24) is 4.31 Å². The number of halogens is 3. The van der Waals surface area contributed by atoms with Crippen molar-refractivity contribution in [3.05, 3.63) is 23.5 Å². The number of sulfonamides is 1.